The van der Waals surface area contributed by atoms with Gasteiger partial charge in [-0.2, -0.15) is 0 Å². The Kier molecular flexibility index (Phi) is 5.22. The molecule has 1 amide bonds. The van der Waals surface area contributed by atoms with E-state index in [1.165, 1.54) is 12.4 Å². The fourth-order valence-electron chi connectivity index (χ4n) is 2.35. The number of carbonyl (C=O) groups is 1. The molecule has 0 bridgehead atoms. The van der Waals surface area contributed by atoms with E-state index in [2.05, 4.69) is 36.5 Å². The van der Waals surface area contributed by atoms with Crippen molar-refractivity contribution in [2.75, 3.05) is 18.4 Å². The third-order valence-corrected chi connectivity index (χ3v) is 4.33. The zero-order valence-corrected chi connectivity index (χ0v) is 15.2. The van der Waals surface area contributed by atoms with Crippen LogP contribution < -0.4 is 16.4 Å². The van der Waals surface area contributed by atoms with Crippen LogP contribution in [0.3, 0.4) is 0 Å². The number of H-pyrrole nitrogens is 1. The second kappa shape index (κ2) is 7.38. The molecule has 6 nitrogen and oxygen atoms in total. The summed E-state index contributed by atoms with van der Waals surface area (Å²) in [6.07, 6.45) is 1.37. The van der Waals surface area contributed by atoms with Crippen LogP contribution in [0.1, 0.15) is 10.4 Å². The number of nitrogens with zero attached hydrogens (tertiary/aromatic N) is 1. The van der Waals surface area contributed by atoms with E-state index in [4.69, 9.17) is 17.3 Å². The average Bonchev–Trinajstić information content (AvgIpc) is 3.05. The number of halogens is 3. The van der Waals surface area contributed by atoms with Crippen molar-refractivity contribution in [2.45, 2.75) is 0 Å². The Morgan fingerprint density at radius 3 is 2.92 bits per heavy atom. The minimum atomic E-state index is -0.643. The molecule has 0 fully saturated rings. The summed E-state index contributed by atoms with van der Waals surface area (Å²) < 4.78 is 15.7. The number of aromatic nitrogens is 2. The van der Waals surface area contributed by atoms with E-state index in [0.29, 0.717) is 16.2 Å². The van der Waals surface area contributed by atoms with Crippen LogP contribution in [0.15, 0.2) is 35.1 Å². The fourth-order valence-corrected chi connectivity index (χ4v) is 3.07. The predicted octanol–water partition coefficient (Wildman–Crippen LogP) is 3.55. The van der Waals surface area contributed by atoms with Crippen LogP contribution in [0.25, 0.3) is 11.0 Å². The predicted molar refractivity (Wildman–Crippen MR) is 99.9 cm³/mol. The van der Waals surface area contributed by atoms with Crippen LogP contribution in [0.5, 0.6) is 0 Å². The van der Waals surface area contributed by atoms with Crippen LogP contribution in [-0.2, 0) is 0 Å². The molecule has 25 heavy (non-hydrogen) atoms. The molecule has 5 N–H and O–H groups in total. The minimum absolute atomic E-state index is 0.00153. The zero-order valence-electron chi connectivity index (χ0n) is 12.9. The van der Waals surface area contributed by atoms with Gasteiger partial charge in [0.2, 0.25) is 0 Å². The van der Waals surface area contributed by atoms with Crippen LogP contribution in [0, 0.1) is 5.82 Å². The molecule has 0 atom stereocenters. The molecule has 2 aromatic carbocycles. The van der Waals surface area contributed by atoms with Crippen molar-refractivity contribution >= 4 is 55.8 Å². The second-order valence-corrected chi connectivity index (χ2v) is 6.53. The summed E-state index contributed by atoms with van der Waals surface area (Å²) in [5.74, 6) is -1.09. The summed E-state index contributed by atoms with van der Waals surface area (Å²) in [7, 11) is 0. The minimum Gasteiger partial charge on any atom is -0.351 e. The number of amides is 1. The van der Waals surface area contributed by atoms with Gasteiger partial charge in [-0.25, -0.2) is 9.37 Å². The van der Waals surface area contributed by atoms with Gasteiger partial charge < -0.3 is 21.4 Å². The first kappa shape index (κ1) is 17.7. The number of hydrogen-bond donors (Lipinski definition) is 4. The van der Waals surface area contributed by atoms with Crippen molar-refractivity contribution in [1.29, 1.82) is 0 Å². The molecule has 3 aromatic rings. The van der Waals surface area contributed by atoms with Gasteiger partial charge in [0.05, 0.1) is 33.8 Å². The molecule has 0 saturated heterocycles. The van der Waals surface area contributed by atoms with Gasteiger partial charge in [0.25, 0.3) is 5.91 Å². The molecule has 0 aliphatic heterocycles. The lowest BCUT2D eigenvalue weighted by Gasteiger charge is -2.15. The smallest absolute Gasteiger partial charge is 0.253 e. The Labute approximate surface area is 156 Å². The molecule has 0 aliphatic rings. The summed E-state index contributed by atoms with van der Waals surface area (Å²) in [4.78, 5) is 19.2. The van der Waals surface area contributed by atoms with Gasteiger partial charge >= 0.3 is 0 Å². The van der Waals surface area contributed by atoms with Gasteiger partial charge in [-0.15, -0.1) is 0 Å². The van der Waals surface area contributed by atoms with Crippen molar-refractivity contribution in [2.24, 2.45) is 5.73 Å². The van der Waals surface area contributed by atoms with Gasteiger partial charge in [0.15, 0.2) is 5.82 Å². The molecule has 130 valence electrons. The highest BCUT2D eigenvalue weighted by Crippen LogP contribution is 2.33. The standard InChI is InChI=1S/C16H14BrClFN5O/c17-8-1-2-11(10(18)5-8)24-14-9(16(25)21-4-3-20)6-12-15(13(14)19)23-7-22-12/h1-2,5-7,24H,3-4,20H2,(H,21,25)(H,22,23). The first-order chi connectivity index (χ1) is 12.0. The summed E-state index contributed by atoms with van der Waals surface area (Å²) in [6.45, 7) is 0.557. The lowest BCUT2D eigenvalue weighted by molar-refractivity contribution is 0.0955. The number of aromatic amines is 1. The molecule has 0 saturated carbocycles. The Bertz CT molecular complexity index is 946. The van der Waals surface area contributed by atoms with Gasteiger partial charge in [-0.3, -0.25) is 4.79 Å². The summed E-state index contributed by atoms with van der Waals surface area (Å²) in [5.41, 5.74) is 6.55. The number of carbonyl (C=O) groups excluding carboxylic acids is 1. The average molecular weight is 427 g/mol. The molecule has 0 aliphatic carbocycles. The summed E-state index contributed by atoms with van der Waals surface area (Å²) in [5, 5.41) is 5.92. The number of rotatable bonds is 5. The number of hydrogen-bond acceptors (Lipinski definition) is 4. The van der Waals surface area contributed by atoms with Crippen molar-refractivity contribution in [3.8, 4) is 0 Å². The molecular formula is C16H14BrClFN5O. The number of nitrogens with one attached hydrogen (secondary N) is 3. The lowest BCUT2D eigenvalue weighted by Crippen LogP contribution is -2.29. The van der Waals surface area contributed by atoms with Crippen LogP contribution in [0.4, 0.5) is 15.8 Å². The van der Waals surface area contributed by atoms with E-state index < -0.39 is 11.7 Å². The normalized spacial score (nSPS) is 10.9. The van der Waals surface area contributed by atoms with E-state index in [-0.39, 0.29) is 29.9 Å². The van der Waals surface area contributed by atoms with Crippen LogP contribution >= 0.6 is 27.5 Å². The Morgan fingerprint density at radius 1 is 1.40 bits per heavy atom. The van der Waals surface area contributed by atoms with Crippen molar-refractivity contribution in [3.05, 3.63) is 51.5 Å². The maximum Gasteiger partial charge on any atom is 0.253 e. The van der Waals surface area contributed by atoms with Crippen molar-refractivity contribution in [1.82, 2.24) is 15.3 Å². The van der Waals surface area contributed by atoms with Crippen LogP contribution in [0.2, 0.25) is 5.02 Å². The zero-order chi connectivity index (χ0) is 18.0. The molecule has 0 spiro atoms. The van der Waals surface area contributed by atoms with Crippen molar-refractivity contribution < 1.29 is 9.18 Å². The first-order valence-corrected chi connectivity index (χ1v) is 8.54. The SMILES string of the molecule is NCCNC(=O)c1cc2[nH]cnc2c(F)c1Nc1ccc(Br)cc1Cl. The van der Waals surface area contributed by atoms with Gasteiger partial charge in [-0.1, -0.05) is 27.5 Å². The second-order valence-electron chi connectivity index (χ2n) is 5.21. The number of fused-ring (bicyclic) bond motifs is 1. The number of anilines is 2. The topological polar surface area (TPSA) is 95.8 Å². The summed E-state index contributed by atoms with van der Waals surface area (Å²) >= 11 is 9.50. The largest absolute Gasteiger partial charge is 0.351 e. The monoisotopic (exact) mass is 425 g/mol. The summed E-state index contributed by atoms with van der Waals surface area (Å²) in [6, 6.07) is 6.64. The number of imidazole rings is 1. The number of benzene rings is 2. The Morgan fingerprint density at radius 2 is 2.20 bits per heavy atom. The number of nitrogens with two attached hydrogens (primary N) is 1. The highest BCUT2D eigenvalue weighted by molar-refractivity contribution is 9.10. The molecular weight excluding hydrogens is 413 g/mol. The van der Waals surface area contributed by atoms with Crippen LogP contribution in [-0.4, -0.2) is 29.0 Å². The van der Waals surface area contributed by atoms with Gasteiger partial charge in [-0.05, 0) is 24.3 Å². The molecule has 1 aromatic heterocycles. The van der Waals surface area contributed by atoms with E-state index in [9.17, 15) is 9.18 Å². The molecule has 1 heterocycles. The quantitative estimate of drug-likeness (QED) is 0.502. The lowest BCUT2D eigenvalue weighted by atomic mass is 10.1. The van der Waals surface area contributed by atoms with E-state index in [0.717, 1.165) is 4.47 Å². The Balaban J connectivity index is 2.10. The van der Waals surface area contributed by atoms with Gasteiger partial charge in [0, 0.05) is 17.6 Å². The first-order valence-electron chi connectivity index (χ1n) is 7.37. The maximum atomic E-state index is 14.9. The molecule has 0 unspecified atom stereocenters. The Hall–Kier alpha value is -2.16. The van der Waals surface area contributed by atoms with Crippen molar-refractivity contribution in [3.63, 3.8) is 0 Å². The maximum absolute atomic E-state index is 14.9. The highest BCUT2D eigenvalue weighted by atomic mass is 79.9. The molecule has 0 radical (unpaired) electrons. The fraction of sp³-hybridized carbons (Fsp3) is 0.125. The van der Waals surface area contributed by atoms with E-state index in [1.807, 2.05) is 0 Å². The highest BCUT2D eigenvalue weighted by Gasteiger charge is 2.21. The van der Waals surface area contributed by atoms with Gasteiger partial charge in [0.1, 0.15) is 5.52 Å². The molecule has 9 heteroatoms. The third kappa shape index (κ3) is 3.60. The van der Waals surface area contributed by atoms with E-state index in [1.54, 1.807) is 18.2 Å². The molecule has 3 rings (SSSR count). The third-order valence-electron chi connectivity index (χ3n) is 3.52. The van der Waals surface area contributed by atoms with E-state index >= 15 is 0 Å².